The van der Waals surface area contributed by atoms with Crippen LogP contribution >= 0.6 is 0 Å². The lowest BCUT2D eigenvalue weighted by molar-refractivity contribution is 0.137. The van der Waals surface area contributed by atoms with Crippen LogP contribution in [0.5, 0.6) is 11.5 Å². The minimum Gasteiger partial charge on any atom is -0.454 e. The van der Waals surface area contributed by atoms with Crippen molar-refractivity contribution < 1.29 is 24.1 Å². The van der Waals surface area contributed by atoms with Crippen LogP contribution in [0.4, 0.5) is 4.79 Å². The fourth-order valence-electron chi connectivity index (χ4n) is 1.39. The Bertz CT molecular complexity index is 407. The van der Waals surface area contributed by atoms with E-state index in [2.05, 4.69) is 5.32 Å². The zero-order valence-corrected chi connectivity index (χ0v) is 9.14. The first-order valence-electron chi connectivity index (χ1n) is 5.19. The summed E-state index contributed by atoms with van der Waals surface area (Å²) in [6, 6.07) is 5.33. The molecular weight excluding hydrogens is 226 g/mol. The van der Waals surface area contributed by atoms with Crippen LogP contribution in [0.1, 0.15) is 5.56 Å². The Hall–Kier alpha value is -1.95. The lowest BCUT2D eigenvalue weighted by atomic mass is 10.2. The molecule has 0 bridgehead atoms. The molecule has 1 amide bonds. The van der Waals surface area contributed by atoms with Gasteiger partial charge in [0.1, 0.15) is 6.61 Å². The Morgan fingerprint density at radius 3 is 3.06 bits per heavy atom. The van der Waals surface area contributed by atoms with E-state index in [9.17, 15) is 4.79 Å². The molecule has 0 saturated carbocycles. The third kappa shape index (κ3) is 3.01. The molecular formula is C11H13NO5. The third-order valence-corrected chi connectivity index (χ3v) is 2.19. The molecule has 1 aromatic carbocycles. The largest absolute Gasteiger partial charge is 0.454 e. The number of aliphatic hydroxyl groups excluding tert-OH is 1. The number of rotatable bonds is 4. The van der Waals surface area contributed by atoms with Gasteiger partial charge in [0.05, 0.1) is 6.61 Å². The number of hydrogen-bond donors (Lipinski definition) is 2. The predicted molar refractivity (Wildman–Crippen MR) is 57.8 cm³/mol. The number of aliphatic hydroxyl groups is 1. The molecule has 92 valence electrons. The Labute approximate surface area is 98.1 Å². The Balaban J connectivity index is 1.85. The van der Waals surface area contributed by atoms with Crippen LogP contribution in [0.2, 0.25) is 0 Å². The van der Waals surface area contributed by atoms with Gasteiger partial charge in [-0.2, -0.15) is 0 Å². The molecule has 0 spiro atoms. The molecule has 0 unspecified atom stereocenters. The number of alkyl carbamates (subject to hydrolysis) is 1. The molecule has 2 rings (SSSR count). The van der Waals surface area contributed by atoms with Gasteiger partial charge in [0.15, 0.2) is 11.5 Å². The van der Waals surface area contributed by atoms with Gasteiger partial charge in [-0.1, -0.05) is 6.07 Å². The average molecular weight is 239 g/mol. The number of carbonyl (C=O) groups is 1. The van der Waals surface area contributed by atoms with Crippen molar-refractivity contribution in [1.29, 1.82) is 0 Å². The third-order valence-electron chi connectivity index (χ3n) is 2.19. The summed E-state index contributed by atoms with van der Waals surface area (Å²) < 4.78 is 15.3. The summed E-state index contributed by atoms with van der Waals surface area (Å²) in [7, 11) is 0. The first-order valence-corrected chi connectivity index (χ1v) is 5.19. The standard InChI is InChI=1S/C11H13NO5/c13-4-3-12-11(14)15-6-8-1-2-9-10(5-8)17-7-16-9/h1-2,5,13H,3-4,6-7H2,(H,12,14). The normalized spacial score (nSPS) is 12.3. The SMILES string of the molecule is O=C(NCCO)OCc1ccc2c(c1)OCO2. The smallest absolute Gasteiger partial charge is 0.407 e. The molecule has 0 radical (unpaired) electrons. The van der Waals surface area contributed by atoms with Gasteiger partial charge in [-0.05, 0) is 17.7 Å². The van der Waals surface area contributed by atoms with Gasteiger partial charge in [0.2, 0.25) is 6.79 Å². The van der Waals surface area contributed by atoms with Crippen LogP contribution in [-0.4, -0.2) is 31.1 Å². The Morgan fingerprint density at radius 1 is 1.41 bits per heavy atom. The van der Waals surface area contributed by atoms with E-state index in [-0.39, 0.29) is 26.6 Å². The van der Waals surface area contributed by atoms with E-state index in [1.165, 1.54) is 0 Å². The van der Waals surface area contributed by atoms with E-state index >= 15 is 0 Å². The Kier molecular flexibility index (Phi) is 3.66. The molecule has 0 aliphatic carbocycles. The second kappa shape index (κ2) is 5.40. The highest BCUT2D eigenvalue weighted by Crippen LogP contribution is 2.32. The second-order valence-corrected chi connectivity index (χ2v) is 3.41. The van der Waals surface area contributed by atoms with Crippen molar-refractivity contribution in [2.75, 3.05) is 19.9 Å². The molecule has 1 aliphatic heterocycles. The van der Waals surface area contributed by atoms with E-state index in [1.807, 2.05) is 0 Å². The summed E-state index contributed by atoms with van der Waals surface area (Å²) in [5, 5.41) is 10.9. The highest BCUT2D eigenvalue weighted by molar-refractivity contribution is 5.67. The highest BCUT2D eigenvalue weighted by atomic mass is 16.7. The number of carbonyl (C=O) groups excluding carboxylic acids is 1. The monoisotopic (exact) mass is 239 g/mol. The zero-order chi connectivity index (χ0) is 12.1. The van der Waals surface area contributed by atoms with Crippen LogP contribution in [0.25, 0.3) is 0 Å². The van der Waals surface area contributed by atoms with Crippen LogP contribution < -0.4 is 14.8 Å². The molecule has 6 nitrogen and oxygen atoms in total. The van der Waals surface area contributed by atoms with Crippen molar-refractivity contribution in [2.24, 2.45) is 0 Å². The van der Waals surface area contributed by atoms with Gasteiger partial charge in [0.25, 0.3) is 0 Å². The van der Waals surface area contributed by atoms with Crippen LogP contribution in [-0.2, 0) is 11.3 Å². The van der Waals surface area contributed by atoms with Gasteiger partial charge in [-0.25, -0.2) is 4.79 Å². The van der Waals surface area contributed by atoms with Crippen molar-refractivity contribution in [3.05, 3.63) is 23.8 Å². The van der Waals surface area contributed by atoms with Crippen molar-refractivity contribution in [2.45, 2.75) is 6.61 Å². The maximum atomic E-state index is 11.1. The number of fused-ring (bicyclic) bond motifs is 1. The topological polar surface area (TPSA) is 77.0 Å². The van der Waals surface area contributed by atoms with Crippen molar-refractivity contribution in [3.63, 3.8) is 0 Å². The summed E-state index contributed by atoms with van der Waals surface area (Å²) in [5.74, 6) is 1.35. The average Bonchev–Trinajstić information content (AvgIpc) is 2.81. The van der Waals surface area contributed by atoms with Crippen LogP contribution in [0, 0.1) is 0 Å². The Morgan fingerprint density at radius 2 is 2.24 bits per heavy atom. The van der Waals surface area contributed by atoms with E-state index in [1.54, 1.807) is 18.2 Å². The first kappa shape index (κ1) is 11.5. The number of hydrogen-bond acceptors (Lipinski definition) is 5. The van der Waals surface area contributed by atoms with E-state index in [4.69, 9.17) is 19.3 Å². The molecule has 2 N–H and O–H groups in total. The molecule has 0 aromatic heterocycles. The fourth-order valence-corrected chi connectivity index (χ4v) is 1.39. The van der Waals surface area contributed by atoms with Gasteiger partial charge < -0.3 is 24.6 Å². The lowest BCUT2D eigenvalue weighted by Gasteiger charge is -2.06. The summed E-state index contributed by atoms with van der Waals surface area (Å²) in [6.45, 7) is 0.434. The predicted octanol–water partition coefficient (Wildman–Crippen LogP) is 0.634. The summed E-state index contributed by atoms with van der Waals surface area (Å²) >= 11 is 0. The van der Waals surface area contributed by atoms with Crippen LogP contribution in [0.15, 0.2) is 18.2 Å². The molecule has 0 atom stereocenters. The molecule has 1 heterocycles. The minimum atomic E-state index is -0.559. The van der Waals surface area contributed by atoms with Gasteiger partial charge in [-0.15, -0.1) is 0 Å². The van der Waals surface area contributed by atoms with Gasteiger partial charge >= 0.3 is 6.09 Å². The molecule has 6 heteroatoms. The highest BCUT2D eigenvalue weighted by Gasteiger charge is 2.13. The fraction of sp³-hybridized carbons (Fsp3) is 0.364. The number of benzene rings is 1. The minimum absolute atomic E-state index is 0.112. The molecule has 0 saturated heterocycles. The molecule has 0 fully saturated rings. The number of amides is 1. The van der Waals surface area contributed by atoms with Gasteiger partial charge in [0, 0.05) is 6.54 Å². The second-order valence-electron chi connectivity index (χ2n) is 3.41. The number of ether oxygens (including phenoxy) is 3. The van der Waals surface area contributed by atoms with E-state index in [0.29, 0.717) is 11.5 Å². The summed E-state index contributed by atoms with van der Waals surface area (Å²) in [4.78, 5) is 11.1. The van der Waals surface area contributed by atoms with Crippen molar-refractivity contribution >= 4 is 6.09 Å². The lowest BCUT2D eigenvalue weighted by Crippen LogP contribution is -2.26. The first-order chi connectivity index (χ1) is 8.29. The summed E-state index contributed by atoms with van der Waals surface area (Å²) in [6.07, 6.45) is -0.559. The van der Waals surface area contributed by atoms with Crippen molar-refractivity contribution in [1.82, 2.24) is 5.32 Å². The maximum Gasteiger partial charge on any atom is 0.407 e. The molecule has 17 heavy (non-hydrogen) atoms. The zero-order valence-electron chi connectivity index (χ0n) is 9.14. The van der Waals surface area contributed by atoms with E-state index in [0.717, 1.165) is 5.56 Å². The quantitative estimate of drug-likeness (QED) is 0.806. The summed E-state index contributed by atoms with van der Waals surface area (Å²) in [5.41, 5.74) is 0.813. The van der Waals surface area contributed by atoms with Crippen LogP contribution in [0.3, 0.4) is 0 Å². The molecule has 1 aromatic rings. The van der Waals surface area contributed by atoms with Gasteiger partial charge in [-0.3, -0.25) is 0 Å². The molecule has 1 aliphatic rings. The maximum absolute atomic E-state index is 11.1. The number of nitrogens with one attached hydrogen (secondary N) is 1. The van der Waals surface area contributed by atoms with E-state index < -0.39 is 6.09 Å². The van der Waals surface area contributed by atoms with Crippen molar-refractivity contribution in [3.8, 4) is 11.5 Å².